The van der Waals surface area contributed by atoms with Gasteiger partial charge in [-0.1, -0.05) is 6.07 Å². The predicted molar refractivity (Wildman–Crippen MR) is 75.5 cm³/mol. The molecule has 1 saturated heterocycles. The predicted octanol–water partition coefficient (Wildman–Crippen LogP) is 0.904. The summed E-state index contributed by atoms with van der Waals surface area (Å²) in [5.74, 6) is -1.37. The lowest BCUT2D eigenvalue weighted by Crippen LogP contribution is -2.56. The van der Waals surface area contributed by atoms with Gasteiger partial charge in [-0.25, -0.2) is 4.39 Å². The molecule has 1 heterocycles. The van der Waals surface area contributed by atoms with Crippen LogP contribution in [0.5, 0.6) is 0 Å². The summed E-state index contributed by atoms with van der Waals surface area (Å²) in [6.45, 7) is 2.99. The molecule has 114 valence electrons. The van der Waals surface area contributed by atoms with Gasteiger partial charge in [0.2, 0.25) is 5.91 Å². The van der Waals surface area contributed by atoms with Crippen molar-refractivity contribution in [1.29, 1.82) is 0 Å². The molecule has 0 saturated carbocycles. The van der Waals surface area contributed by atoms with Crippen molar-refractivity contribution in [3.8, 4) is 0 Å². The highest BCUT2D eigenvalue weighted by Crippen LogP contribution is 2.14. The number of benzene rings is 1. The molecule has 0 bridgehead atoms. The number of nitrogens with zero attached hydrogens (tertiary/aromatic N) is 2. The van der Waals surface area contributed by atoms with E-state index in [1.165, 1.54) is 12.1 Å². The van der Waals surface area contributed by atoms with E-state index in [2.05, 4.69) is 0 Å². The molecule has 0 aliphatic carbocycles. The minimum Gasteiger partial charge on any atom is -0.480 e. The van der Waals surface area contributed by atoms with E-state index in [0.29, 0.717) is 13.1 Å². The van der Waals surface area contributed by atoms with E-state index in [4.69, 9.17) is 5.11 Å². The molecule has 1 amide bonds. The van der Waals surface area contributed by atoms with Gasteiger partial charge in [-0.05, 0) is 37.2 Å². The van der Waals surface area contributed by atoms with Crippen molar-refractivity contribution < 1.29 is 19.1 Å². The van der Waals surface area contributed by atoms with Gasteiger partial charge in [0.25, 0.3) is 0 Å². The number of carboxylic acids is 1. The normalized spacial score (nSPS) is 19.6. The molecule has 1 fully saturated rings. The average molecular weight is 294 g/mol. The molecule has 2 rings (SSSR count). The molecule has 0 radical (unpaired) electrons. The number of likely N-dealkylation sites (N-methyl/N-ethyl adjacent to an activating group) is 1. The zero-order valence-electron chi connectivity index (χ0n) is 12.2. The highest BCUT2D eigenvalue weighted by molar-refractivity contribution is 5.81. The number of carbonyl (C=O) groups excluding carboxylic acids is 1. The zero-order chi connectivity index (χ0) is 15.6. The fourth-order valence-electron chi connectivity index (χ4n) is 2.50. The maximum absolute atomic E-state index is 13.1. The molecule has 1 aromatic carbocycles. The quantitative estimate of drug-likeness (QED) is 0.900. The number of rotatable bonds is 3. The van der Waals surface area contributed by atoms with E-state index in [1.807, 2.05) is 0 Å². The first-order chi connectivity index (χ1) is 9.88. The van der Waals surface area contributed by atoms with Crippen LogP contribution in [0.15, 0.2) is 18.2 Å². The minimum absolute atomic E-state index is 0.121. The molecule has 0 aromatic heterocycles. The second-order valence-corrected chi connectivity index (χ2v) is 5.42. The molecule has 6 heteroatoms. The zero-order valence-corrected chi connectivity index (χ0v) is 12.2. The van der Waals surface area contributed by atoms with Gasteiger partial charge < -0.3 is 10.0 Å². The molecule has 1 atom stereocenters. The Morgan fingerprint density at radius 2 is 2.10 bits per heavy atom. The number of amides is 1. The van der Waals surface area contributed by atoms with Crippen LogP contribution in [-0.4, -0.2) is 59.5 Å². The molecule has 1 unspecified atom stereocenters. The maximum Gasteiger partial charge on any atom is 0.322 e. The van der Waals surface area contributed by atoms with Gasteiger partial charge in [0.15, 0.2) is 0 Å². The number of carboxylic acid groups (broad SMARTS) is 1. The summed E-state index contributed by atoms with van der Waals surface area (Å²) in [5, 5.41) is 9.15. The Balaban J connectivity index is 2.05. The highest BCUT2D eigenvalue weighted by atomic mass is 19.1. The second kappa shape index (κ2) is 6.22. The summed E-state index contributed by atoms with van der Waals surface area (Å²) in [5.41, 5.74) is 1.50. The number of aliphatic carboxylic acids is 1. The summed E-state index contributed by atoms with van der Waals surface area (Å²) in [6.07, 6.45) is 0.169. The number of hydrogen-bond acceptors (Lipinski definition) is 3. The van der Waals surface area contributed by atoms with Gasteiger partial charge >= 0.3 is 5.97 Å². The van der Waals surface area contributed by atoms with Crippen molar-refractivity contribution in [3.05, 3.63) is 35.1 Å². The minimum atomic E-state index is -0.923. The van der Waals surface area contributed by atoms with Crippen molar-refractivity contribution in [3.63, 3.8) is 0 Å². The molecule has 1 aliphatic heterocycles. The molecule has 21 heavy (non-hydrogen) atoms. The molecule has 1 aromatic rings. The number of hydrogen-bond donors (Lipinski definition) is 1. The van der Waals surface area contributed by atoms with Gasteiger partial charge in [-0.2, -0.15) is 0 Å². The van der Waals surface area contributed by atoms with Crippen LogP contribution in [0.4, 0.5) is 4.39 Å². The van der Waals surface area contributed by atoms with Gasteiger partial charge in [0, 0.05) is 19.6 Å². The summed E-state index contributed by atoms with van der Waals surface area (Å²) < 4.78 is 13.1. The van der Waals surface area contributed by atoms with Crippen LogP contribution in [0.1, 0.15) is 11.1 Å². The van der Waals surface area contributed by atoms with Crippen LogP contribution in [0.3, 0.4) is 0 Å². The monoisotopic (exact) mass is 294 g/mol. The fraction of sp³-hybridized carbons (Fsp3) is 0.467. The molecule has 1 aliphatic rings. The molecule has 5 nitrogen and oxygen atoms in total. The van der Waals surface area contributed by atoms with Gasteiger partial charge in [-0.15, -0.1) is 0 Å². The largest absolute Gasteiger partial charge is 0.480 e. The highest BCUT2D eigenvalue weighted by Gasteiger charge is 2.31. The smallest absolute Gasteiger partial charge is 0.322 e. The van der Waals surface area contributed by atoms with E-state index < -0.39 is 12.0 Å². The third-order valence-electron chi connectivity index (χ3n) is 3.93. The second-order valence-electron chi connectivity index (χ2n) is 5.42. The fourth-order valence-corrected chi connectivity index (χ4v) is 2.50. The van der Waals surface area contributed by atoms with Crippen molar-refractivity contribution in [2.75, 3.05) is 26.7 Å². The van der Waals surface area contributed by atoms with Gasteiger partial charge in [-0.3, -0.25) is 14.5 Å². The van der Waals surface area contributed by atoms with E-state index in [0.717, 1.165) is 11.1 Å². The molecular weight excluding hydrogens is 275 g/mol. The van der Waals surface area contributed by atoms with Crippen LogP contribution < -0.4 is 0 Å². The third-order valence-corrected chi connectivity index (χ3v) is 3.93. The molecule has 0 spiro atoms. The summed E-state index contributed by atoms with van der Waals surface area (Å²) in [4.78, 5) is 26.8. The Morgan fingerprint density at radius 1 is 1.38 bits per heavy atom. The third kappa shape index (κ3) is 3.58. The van der Waals surface area contributed by atoms with Crippen molar-refractivity contribution in [2.45, 2.75) is 19.4 Å². The number of aryl methyl sites for hydroxylation is 1. The molecular formula is C15H19FN2O3. The van der Waals surface area contributed by atoms with Crippen LogP contribution in [0, 0.1) is 12.7 Å². The summed E-state index contributed by atoms with van der Waals surface area (Å²) in [7, 11) is 1.74. The Bertz CT molecular complexity index is 562. The lowest BCUT2D eigenvalue weighted by atomic mass is 10.0. The van der Waals surface area contributed by atoms with E-state index in [1.54, 1.807) is 29.8 Å². The Labute approximate surface area is 123 Å². The van der Waals surface area contributed by atoms with Crippen molar-refractivity contribution in [2.24, 2.45) is 0 Å². The Morgan fingerprint density at radius 3 is 2.71 bits per heavy atom. The van der Waals surface area contributed by atoms with Crippen molar-refractivity contribution in [1.82, 2.24) is 9.80 Å². The van der Waals surface area contributed by atoms with Gasteiger partial charge in [0.1, 0.15) is 11.9 Å². The number of piperazine rings is 1. The molecule has 1 N–H and O–H groups in total. The number of halogens is 1. The first-order valence-electron chi connectivity index (χ1n) is 6.84. The lowest BCUT2D eigenvalue weighted by Gasteiger charge is -2.37. The van der Waals surface area contributed by atoms with E-state index in [-0.39, 0.29) is 24.7 Å². The lowest BCUT2D eigenvalue weighted by molar-refractivity contribution is -0.147. The van der Waals surface area contributed by atoms with Crippen molar-refractivity contribution >= 4 is 11.9 Å². The average Bonchev–Trinajstić information content (AvgIpc) is 2.42. The topological polar surface area (TPSA) is 60.9 Å². The van der Waals surface area contributed by atoms with E-state index in [9.17, 15) is 14.0 Å². The van der Waals surface area contributed by atoms with Crippen LogP contribution in [-0.2, 0) is 16.0 Å². The summed E-state index contributed by atoms with van der Waals surface area (Å²) in [6, 6.07) is 3.66. The van der Waals surface area contributed by atoms with Crippen LogP contribution >= 0.6 is 0 Å². The van der Waals surface area contributed by atoms with E-state index >= 15 is 0 Å². The first-order valence-corrected chi connectivity index (χ1v) is 6.84. The Kier molecular flexibility index (Phi) is 4.57. The van der Waals surface area contributed by atoms with Gasteiger partial charge in [0.05, 0.1) is 6.42 Å². The standard InChI is InChI=1S/C15H19FN2O3/c1-10-7-12(16)4-3-11(10)8-14(19)18-6-5-17(2)13(9-18)15(20)21/h3-4,7,13H,5-6,8-9H2,1-2H3,(H,20,21). The summed E-state index contributed by atoms with van der Waals surface area (Å²) >= 11 is 0. The SMILES string of the molecule is Cc1cc(F)ccc1CC(=O)N1CCN(C)C(C(=O)O)C1. The van der Waals surface area contributed by atoms with Crippen LogP contribution in [0.25, 0.3) is 0 Å². The maximum atomic E-state index is 13.1. The van der Waals surface area contributed by atoms with Crippen LogP contribution in [0.2, 0.25) is 0 Å². The number of carbonyl (C=O) groups is 2. The first kappa shape index (κ1) is 15.4. The Hall–Kier alpha value is -1.95.